The molecule has 3 aromatic rings. The van der Waals surface area contributed by atoms with Gasteiger partial charge in [-0.1, -0.05) is 34.1 Å². The number of nitrogens with zero attached hydrogens (tertiary/aromatic N) is 2. The highest BCUT2D eigenvalue weighted by atomic mass is 79.9. The Kier molecular flexibility index (Phi) is 8.21. The molecule has 3 rings (SSSR count). The van der Waals surface area contributed by atoms with Gasteiger partial charge in [-0.15, -0.1) is 11.3 Å². The predicted octanol–water partition coefficient (Wildman–Crippen LogP) is 6.04. The fourth-order valence-corrected chi connectivity index (χ4v) is 4.62. The summed E-state index contributed by atoms with van der Waals surface area (Å²) in [5.41, 5.74) is 2.49. The maximum absolute atomic E-state index is 13.4. The van der Waals surface area contributed by atoms with Gasteiger partial charge in [0.15, 0.2) is 0 Å². The second-order valence-corrected chi connectivity index (χ2v) is 9.86. The molecular formula is C25H26BrFN2O2S. The SMILES string of the molecule is Cc1ccsc1CN(Cc1ccc(F)cc1)C(=O)CN(C(=O)c1cccc(Br)c1)C(C)C. The molecule has 0 atom stereocenters. The Balaban J connectivity index is 1.83. The number of thiophene rings is 1. The van der Waals surface area contributed by atoms with Gasteiger partial charge in [0.1, 0.15) is 12.4 Å². The molecule has 0 saturated carbocycles. The number of hydrogen-bond donors (Lipinski definition) is 0. The lowest BCUT2D eigenvalue weighted by atomic mass is 10.1. The molecule has 0 spiro atoms. The fraction of sp³-hybridized carbons (Fsp3) is 0.280. The molecule has 0 bridgehead atoms. The summed E-state index contributed by atoms with van der Waals surface area (Å²) in [6.07, 6.45) is 0. The summed E-state index contributed by atoms with van der Waals surface area (Å²) in [5, 5.41) is 2.00. The summed E-state index contributed by atoms with van der Waals surface area (Å²) in [6.45, 7) is 6.57. The molecule has 0 unspecified atom stereocenters. The van der Waals surface area contributed by atoms with Gasteiger partial charge in [-0.3, -0.25) is 9.59 Å². The molecule has 4 nitrogen and oxygen atoms in total. The van der Waals surface area contributed by atoms with Crippen molar-refractivity contribution in [2.75, 3.05) is 6.54 Å². The van der Waals surface area contributed by atoms with Gasteiger partial charge in [0.25, 0.3) is 5.91 Å². The van der Waals surface area contributed by atoms with Gasteiger partial charge in [0, 0.05) is 27.5 Å². The molecule has 1 heterocycles. The molecule has 168 valence electrons. The third kappa shape index (κ3) is 6.26. The lowest BCUT2D eigenvalue weighted by Gasteiger charge is -2.30. The zero-order valence-electron chi connectivity index (χ0n) is 18.3. The number of hydrogen-bond acceptors (Lipinski definition) is 3. The van der Waals surface area contributed by atoms with Crippen molar-refractivity contribution >= 4 is 39.1 Å². The average molecular weight is 517 g/mol. The minimum absolute atomic E-state index is 0.0331. The molecule has 0 fully saturated rings. The molecule has 0 aliphatic carbocycles. The lowest BCUT2D eigenvalue weighted by Crippen LogP contribution is -2.45. The molecule has 0 radical (unpaired) electrons. The Morgan fingerprint density at radius 2 is 1.78 bits per heavy atom. The van der Waals surface area contributed by atoms with Gasteiger partial charge in [0.05, 0.1) is 6.54 Å². The van der Waals surface area contributed by atoms with Crippen LogP contribution in [0.2, 0.25) is 0 Å². The van der Waals surface area contributed by atoms with Crippen LogP contribution in [-0.2, 0) is 17.9 Å². The second-order valence-electron chi connectivity index (χ2n) is 7.94. The number of halogens is 2. The van der Waals surface area contributed by atoms with Gasteiger partial charge < -0.3 is 9.80 Å². The van der Waals surface area contributed by atoms with E-state index in [2.05, 4.69) is 15.9 Å². The lowest BCUT2D eigenvalue weighted by molar-refractivity contribution is -0.133. The highest BCUT2D eigenvalue weighted by molar-refractivity contribution is 9.10. The summed E-state index contributed by atoms with van der Waals surface area (Å²) in [5.74, 6) is -0.658. The summed E-state index contributed by atoms with van der Waals surface area (Å²) in [7, 11) is 0. The van der Waals surface area contributed by atoms with Crippen LogP contribution in [0.25, 0.3) is 0 Å². The number of amides is 2. The summed E-state index contributed by atoms with van der Waals surface area (Å²) in [6, 6.07) is 15.2. The maximum Gasteiger partial charge on any atom is 0.254 e. The van der Waals surface area contributed by atoms with Crippen LogP contribution < -0.4 is 0 Å². The number of rotatable bonds is 8. The second kappa shape index (κ2) is 10.9. The van der Waals surface area contributed by atoms with Crippen molar-refractivity contribution in [1.29, 1.82) is 0 Å². The van der Waals surface area contributed by atoms with E-state index >= 15 is 0 Å². The number of carbonyl (C=O) groups is 2. The minimum atomic E-state index is -0.314. The van der Waals surface area contributed by atoms with Gasteiger partial charge in [-0.2, -0.15) is 0 Å². The third-order valence-corrected chi connectivity index (χ3v) is 6.70. The first kappa shape index (κ1) is 24.1. The molecule has 0 aliphatic rings. The van der Waals surface area contributed by atoms with Crippen molar-refractivity contribution in [1.82, 2.24) is 9.80 Å². The average Bonchev–Trinajstić information content (AvgIpc) is 3.16. The smallest absolute Gasteiger partial charge is 0.254 e. The van der Waals surface area contributed by atoms with Crippen LogP contribution in [0.5, 0.6) is 0 Å². The van der Waals surface area contributed by atoms with Gasteiger partial charge in [-0.25, -0.2) is 4.39 Å². The van der Waals surface area contributed by atoms with Crippen LogP contribution in [0.3, 0.4) is 0 Å². The van der Waals surface area contributed by atoms with Crippen LogP contribution in [0.4, 0.5) is 4.39 Å². The third-order valence-electron chi connectivity index (χ3n) is 5.20. The van der Waals surface area contributed by atoms with Crippen LogP contribution in [0.15, 0.2) is 64.5 Å². The Hall–Kier alpha value is -2.51. The fourth-order valence-electron chi connectivity index (χ4n) is 3.30. The van der Waals surface area contributed by atoms with Gasteiger partial charge >= 0.3 is 0 Å². The topological polar surface area (TPSA) is 40.6 Å². The molecule has 1 aromatic heterocycles. The molecule has 0 saturated heterocycles. The Morgan fingerprint density at radius 1 is 1.06 bits per heavy atom. The monoisotopic (exact) mass is 516 g/mol. The normalized spacial score (nSPS) is 10.9. The van der Waals surface area contributed by atoms with Crippen LogP contribution in [0.1, 0.15) is 40.2 Å². The highest BCUT2D eigenvalue weighted by Gasteiger charge is 2.25. The van der Waals surface area contributed by atoms with E-state index in [1.165, 1.54) is 12.1 Å². The van der Waals surface area contributed by atoms with Crippen molar-refractivity contribution in [2.24, 2.45) is 0 Å². The van der Waals surface area contributed by atoms with E-state index in [-0.39, 0.29) is 30.2 Å². The summed E-state index contributed by atoms with van der Waals surface area (Å²) >= 11 is 5.00. The van der Waals surface area contributed by atoms with Crippen molar-refractivity contribution in [2.45, 2.75) is 39.9 Å². The first-order valence-electron chi connectivity index (χ1n) is 10.4. The number of carbonyl (C=O) groups excluding carboxylic acids is 2. The Morgan fingerprint density at radius 3 is 2.38 bits per heavy atom. The highest BCUT2D eigenvalue weighted by Crippen LogP contribution is 2.21. The zero-order valence-corrected chi connectivity index (χ0v) is 20.7. The number of benzene rings is 2. The molecular weight excluding hydrogens is 491 g/mol. The standard InChI is InChI=1S/C25H26BrFN2O2S/c1-17(2)29(25(31)20-5-4-6-21(26)13-20)16-24(30)28(15-23-18(3)11-12-32-23)14-19-7-9-22(27)10-8-19/h4-13,17H,14-16H2,1-3H3. The predicted molar refractivity (Wildman–Crippen MR) is 130 cm³/mol. The Labute approximate surface area is 200 Å². The minimum Gasteiger partial charge on any atom is -0.332 e. The van der Waals surface area contributed by atoms with E-state index in [1.807, 2.05) is 38.3 Å². The van der Waals surface area contributed by atoms with E-state index < -0.39 is 0 Å². The van der Waals surface area contributed by atoms with Gasteiger partial charge in [-0.05, 0) is 73.7 Å². The molecule has 7 heteroatoms. The summed E-state index contributed by atoms with van der Waals surface area (Å²) < 4.78 is 14.2. The van der Waals surface area contributed by atoms with E-state index in [1.54, 1.807) is 51.5 Å². The maximum atomic E-state index is 13.4. The van der Waals surface area contributed by atoms with Crippen molar-refractivity contribution in [3.63, 3.8) is 0 Å². The van der Waals surface area contributed by atoms with E-state index in [0.29, 0.717) is 18.7 Å². The quantitative estimate of drug-likeness (QED) is 0.366. The van der Waals surface area contributed by atoms with Crippen LogP contribution >= 0.6 is 27.3 Å². The first-order chi connectivity index (χ1) is 15.2. The zero-order chi connectivity index (χ0) is 23.3. The van der Waals surface area contributed by atoms with Gasteiger partial charge in [0.2, 0.25) is 5.91 Å². The van der Waals surface area contributed by atoms with Crippen LogP contribution in [-0.4, -0.2) is 34.2 Å². The largest absolute Gasteiger partial charge is 0.332 e. The molecule has 2 aromatic carbocycles. The molecule has 2 amide bonds. The van der Waals surface area contributed by atoms with Crippen molar-refractivity contribution in [3.05, 3.63) is 91.8 Å². The van der Waals surface area contributed by atoms with E-state index in [0.717, 1.165) is 20.5 Å². The van der Waals surface area contributed by atoms with Crippen molar-refractivity contribution < 1.29 is 14.0 Å². The number of aryl methyl sites for hydroxylation is 1. The molecule has 0 aliphatic heterocycles. The Bertz CT molecular complexity index is 1080. The first-order valence-corrected chi connectivity index (χ1v) is 12.0. The molecule has 0 N–H and O–H groups in total. The van der Waals surface area contributed by atoms with Crippen LogP contribution in [0, 0.1) is 12.7 Å². The van der Waals surface area contributed by atoms with E-state index in [4.69, 9.17) is 0 Å². The van der Waals surface area contributed by atoms with Crippen molar-refractivity contribution in [3.8, 4) is 0 Å². The molecule has 32 heavy (non-hydrogen) atoms. The summed E-state index contributed by atoms with van der Waals surface area (Å²) in [4.78, 5) is 31.0. The van der Waals surface area contributed by atoms with E-state index in [9.17, 15) is 14.0 Å².